The number of benzene rings is 1. The number of pyridine rings is 1. The Morgan fingerprint density at radius 3 is 2.68 bits per heavy atom. The Hall–Kier alpha value is -3.52. The van der Waals surface area contributed by atoms with E-state index in [4.69, 9.17) is 0 Å². The number of rotatable bonds is 7. The molecule has 2 aromatic heterocycles. The van der Waals surface area contributed by atoms with Crippen LogP contribution < -0.4 is 10.9 Å². The van der Waals surface area contributed by atoms with Crippen LogP contribution in [0, 0.1) is 0 Å². The molecule has 178 valence electrons. The van der Waals surface area contributed by atoms with E-state index in [1.54, 1.807) is 22.9 Å². The van der Waals surface area contributed by atoms with Crippen LogP contribution in [0.2, 0.25) is 0 Å². The van der Waals surface area contributed by atoms with Crippen molar-refractivity contribution in [3.63, 3.8) is 0 Å². The molecule has 1 N–H and O–H groups in total. The molecule has 2 atom stereocenters. The number of nitrogens with zero attached hydrogens (tertiary/aromatic N) is 5. The van der Waals surface area contributed by atoms with E-state index in [1.165, 1.54) is 11.6 Å². The van der Waals surface area contributed by atoms with Crippen molar-refractivity contribution >= 4 is 22.9 Å². The van der Waals surface area contributed by atoms with Crippen molar-refractivity contribution in [3.05, 3.63) is 76.7 Å². The second-order valence-corrected chi connectivity index (χ2v) is 8.82. The molecule has 3 heterocycles. The number of nitrogens with one attached hydrogen (secondary N) is 1. The van der Waals surface area contributed by atoms with Crippen LogP contribution in [0.1, 0.15) is 37.9 Å². The zero-order valence-electron chi connectivity index (χ0n) is 20.1. The van der Waals surface area contributed by atoms with E-state index in [1.807, 2.05) is 11.8 Å². The Bertz CT molecular complexity index is 1240. The first-order valence-electron chi connectivity index (χ1n) is 11.8. The average molecular weight is 461 g/mol. The molecular formula is C26H32N6O2. The summed E-state index contributed by atoms with van der Waals surface area (Å²) in [6, 6.07) is 12.0. The van der Waals surface area contributed by atoms with Gasteiger partial charge in [0.2, 0.25) is 11.9 Å². The smallest absolute Gasteiger partial charge is 0.252 e. The van der Waals surface area contributed by atoms with Crippen LogP contribution in [-0.2, 0) is 17.9 Å². The Balaban J connectivity index is 1.40. The highest BCUT2D eigenvalue weighted by molar-refractivity contribution is 5.87. The van der Waals surface area contributed by atoms with Crippen molar-refractivity contribution in [2.45, 2.75) is 45.9 Å². The summed E-state index contributed by atoms with van der Waals surface area (Å²) < 4.78 is 1.65. The SMILES string of the molecule is C=CC(=O)N1CCN(Cc2ccc([C@H](C)Nc3ncc4ccc(=O)n(CC)c4n3)cc2)C[C@H]1C. The molecule has 3 aromatic rings. The van der Waals surface area contributed by atoms with E-state index in [9.17, 15) is 9.59 Å². The van der Waals surface area contributed by atoms with E-state index in [0.29, 0.717) is 18.1 Å². The van der Waals surface area contributed by atoms with Crippen LogP contribution >= 0.6 is 0 Å². The molecule has 0 radical (unpaired) electrons. The molecule has 1 amide bonds. The van der Waals surface area contributed by atoms with E-state index in [-0.39, 0.29) is 23.6 Å². The molecule has 34 heavy (non-hydrogen) atoms. The number of hydrogen-bond acceptors (Lipinski definition) is 6. The maximum absolute atomic E-state index is 12.1. The Morgan fingerprint density at radius 1 is 1.24 bits per heavy atom. The summed E-state index contributed by atoms with van der Waals surface area (Å²) >= 11 is 0. The highest BCUT2D eigenvalue weighted by atomic mass is 16.2. The van der Waals surface area contributed by atoms with Crippen molar-refractivity contribution in [3.8, 4) is 0 Å². The lowest BCUT2D eigenvalue weighted by atomic mass is 10.1. The summed E-state index contributed by atoms with van der Waals surface area (Å²) in [4.78, 5) is 37.4. The lowest BCUT2D eigenvalue weighted by molar-refractivity contribution is -0.130. The monoisotopic (exact) mass is 460 g/mol. The molecule has 0 saturated carbocycles. The largest absolute Gasteiger partial charge is 0.348 e. The molecule has 1 aliphatic heterocycles. The topological polar surface area (TPSA) is 83.4 Å². The van der Waals surface area contributed by atoms with E-state index in [2.05, 4.69) is 64.9 Å². The number of aryl methyl sites for hydroxylation is 1. The first-order valence-corrected chi connectivity index (χ1v) is 11.8. The molecular weight excluding hydrogens is 428 g/mol. The van der Waals surface area contributed by atoms with Gasteiger partial charge >= 0.3 is 0 Å². The lowest BCUT2D eigenvalue weighted by Gasteiger charge is -2.39. The fourth-order valence-corrected chi connectivity index (χ4v) is 4.51. The molecule has 8 heteroatoms. The Labute approximate surface area is 199 Å². The summed E-state index contributed by atoms with van der Waals surface area (Å²) in [5, 5.41) is 4.20. The van der Waals surface area contributed by atoms with Gasteiger partial charge in [-0.05, 0) is 44.0 Å². The van der Waals surface area contributed by atoms with Crippen molar-refractivity contribution in [1.29, 1.82) is 0 Å². The van der Waals surface area contributed by atoms with Gasteiger partial charge in [0.05, 0.1) is 6.04 Å². The van der Waals surface area contributed by atoms with Crippen LogP contribution in [0.5, 0.6) is 0 Å². The van der Waals surface area contributed by atoms with Crippen LogP contribution in [0.15, 0.2) is 60.0 Å². The van der Waals surface area contributed by atoms with Gasteiger partial charge in [0, 0.05) is 56.4 Å². The minimum Gasteiger partial charge on any atom is -0.348 e. The molecule has 4 rings (SSSR count). The van der Waals surface area contributed by atoms with E-state index < -0.39 is 0 Å². The number of carbonyl (C=O) groups excluding carboxylic acids is 1. The minimum atomic E-state index is -0.0635. The third-order valence-electron chi connectivity index (χ3n) is 6.44. The Morgan fingerprint density at radius 2 is 2.00 bits per heavy atom. The molecule has 0 spiro atoms. The number of amides is 1. The van der Waals surface area contributed by atoms with Gasteiger partial charge in [0.25, 0.3) is 5.56 Å². The van der Waals surface area contributed by atoms with Crippen molar-refractivity contribution in [2.24, 2.45) is 0 Å². The number of anilines is 1. The first-order chi connectivity index (χ1) is 16.4. The summed E-state index contributed by atoms with van der Waals surface area (Å²) in [6.07, 6.45) is 3.14. The van der Waals surface area contributed by atoms with Crippen LogP contribution in [-0.4, -0.2) is 55.9 Å². The van der Waals surface area contributed by atoms with E-state index in [0.717, 1.165) is 37.1 Å². The summed E-state index contributed by atoms with van der Waals surface area (Å²) in [6.45, 7) is 13.5. The number of hydrogen-bond donors (Lipinski definition) is 1. The molecule has 8 nitrogen and oxygen atoms in total. The number of aromatic nitrogens is 3. The van der Waals surface area contributed by atoms with Gasteiger partial charge in [-0.15, -0.1) is 0 Å². The number of carbonyl (C=O) groups is 1. The lowest BCUT2D eigenvalue weighted by Crippen LogP contribution is -2.53. The molecule has 0 bridgehead atoms. The van der Waals surface area contributed by atoms with Crippen molar-refractivity contribution < 1.29 is 4.79 Å². The predicted octanol–water partition coefficient (Wildman–Crippen LogP) is 3.20. The fourth-order valence-electron chi connectivity index (χ4n) is 4.51. The van der Waals surface area contributed by atoms with Gasteiger partial charge < -0.3 is 10.2 Å². The van der Waals surface area contributed by atoms with Crippen LogP contribution in [0.3, 0.4) is 0 Å². The maximum atomic E-state index is 12.1. The van der Waals surface area contributed by atoms with E-state index >= 15 is 0 Å². The zero-order chi connectivity index (χ0) is 24.2. The fraction of sp³-hybridized carbons (Fsp3) is 0.385. The molecule has 1 aromatic carbocycles. The minimum absolute atomic E-state index is 0.00509. The highest BCUT2D eigenvalue weighted by Crippen LogP contribution is 2.20. The summed E-state index contributed by atoms with van der Waals surface area (Å²) in [5.74, 6) is 0.504. The van der Waals surface area contributed by atoms with Gasteiger partial charge in [0.15, 0.2) is 0 Å². The third kappa shape index (κ3) is 5.02. The third-order valence-corrected chi connectivity index (χ3v) is 6.44. The summed E-state index contributed by atoms with van der Waals surface area (Å²) in [5.41, 5.74) is 2.94. The average Bonchev–Trinajstić information content (AvgIpc) is 2.84. The quantitative estimate of drug-likeness (QED) is 0.545. The molecule has 1 aliphatic rings. The molecule has 0 aliphatic carbocycles. The van der Waals surface area contributed by atoms with Crippen molar-refractivity contribution in [1.82, 2.24) is 24.3 Å². The second-order valence-electron chi connectivity index (χ2n) is 8.82. The molecule has 0 unspecified atom stereocenters. The predicted molar refractivity (Wildman–Crippen MR) is 135 cm³/mol. The van der Waals surface area contributed by atoms with Crippen molar-refractivity contribution in [2.75, 3.05) is 25.0 Å². The highest BCUT2D eigenvalue weighted by Gasteiger charge is 2.25. The van der Waals surface area contributed by atoms with Crippen LogP contribution in [0.25, 0.3) is 11.0 Å². The molecule has 1 saturated heterocycles. The van der Waals surface area contributed by atoms with Gasteiger partial charge in [-0.1, -0.05) is 30.8 Å². The van der Waals surface area contributed by atoms with Crippen LogP contribution in [0.4, 0.5) is 5.95 Å². The normalized spacial score (nSPS) is 17.5. The van der Waals surface area contributed by atoms with Gasteiger partial charge in [-0.2, -0.15) is 4.98 Å². The Kier molecular flexibility index (Phi) is 7.07. The number of fused-ring (bicyclic) bond motifs is 1. The van der Waals surface area contributed by atoms with Gasteiger partial charge in [-0.3, -0.25) is 19.1 Å². The maximum Gasteiger partial charge on any atom is 0.252 e. The zero-order valence-corrected chi connectivity index (χ0v) is 20.1. The number of piperazine rings is 1. The second kappa shape index (κ2) is 10.2. The first kappa shape index (κ1) is 23.6. The molecule has 1 fully saturated rings. The van der Waals surface area contributed by atoms with Gasteiger partial charge in [0.1, 0.15) is 5.65 Å². The summed E-state index contributed by atoms with van der Waals surface area (Å²) in [7, 11) is 0. The standard InChI is InChI=1S/C26H32N6O2/c1-5-23(33)32-14-13-30(16-18(32)3)17-20-7-9-21(10-8-20)19(4)28-26-27-15-22-11-12-24(34)31(6-2)25(22)29-26/h5,7-12,15,18-19H,1,6,13-14,16-17H2,2-4H3,(H,27,28,29)/t18-,19+/m1/s1. The van der Waals surface area contributed by atoms with Gasteiger partial charge in [-0.25, -0.2) is 4.98 Å².